The van der Waals surface area contributed by atoms with Gasteiger partial charge in [-0.2, -0.15) is 18.3 Å². The van der Waals surface area contributed by atoms with Crippen LogP contribution < -0.4 is 4.74 Å². The molecule has 1 unspecified atom stereocenters. The summed E-state index contributed by atoms with van der Waals surface area (Å²) in [7, 11) is 0. The molecular weight excluding hydrogens is 398 g/mol. The number of alkyl halides is 3. The van der Waals surface area contributed by atoms with Crippen LogP contribution in [-0.2, 0) is 6.54 Å². The SMILES string of the molecule is C\C=C(F)/C(=C\C(=C\CC)C(F)(F)F)c1cc2n(n1)CCCC2Oc1cccnc1. The monoisotopic (exact) mass is 421 g/mol. The lowest BCUT2D eigenvalue weighted by Gasteiger charge is -2.24. The highest BCUT2D eigenvalue weighted by Gasteiger charge is 2.33. The fourth-order valence-corrected chi connectivity index (χ4v) is 3.33. The molecule has 30 heavy (non-hydrogen) atoms. The van der Waals surface area contributed by atoms with E-state index in [4.69, 9.17) is 4.74 Å². The van der Waals surface area contributed by atoms with E-state index in [2.05, 4.69) is 10.1 Å². The molecular formula is C22H23F4N3O. The average Bonchev–Trinajstić information content (AvgIpc) is 3.15. The third-order valence-electron chi connectivity index (χ3n) is 4.73. The first kappa shape index (κ1) is 21.8. The predicted molar refractivity (Wildman–Crippen MR) is 106 cm³/mol. The van der Waals surface area contributed by atoms with Gasteiger partial charge in [0.25, 0.3) is 0 Å². The summed E-state index contributed by atoms with van der Waals surface area (Å²) >= 11 is 0. The minimum Gasteiger partial charge on any atom is -0.483 e. The largest absolute Gasteiger partial charge is 0.483 e. The molecule has 0 N–H and O–H groups in total. The molecule has 0 aliphatic carbocycles. The van der Waals surface area contributed by atoms with Crippen molar-refractivity contribution in [1.82, 2.24) is 14.8 Å². The molecule has 3 rings (SSSR count). The minimum atomic E-state index is -4.58. The summed E-state index contributed by atoms with van der Waals surface area (Å²) in [6.45, 7) is 3.62. The van der Waals surface area contributed by atoms with Gasteiger partial charge in [0.15, 0.2) is 0 Å². The summed E-state index contributed by atoms with van der Waals surface area (Å²) in [5.41, 5.74) is -0.251. The van der Waals surface area contributed by atoms with E-state index < -0.39 is 17.6 Å². The van der Waals surface area contributed by atoms with Crippen LogP contribution in [0.5, 0.6) is 5.75 Å². The Balaban J connectivity index is 2.01. The fraction of sp³-hybridized carbons (Fsp3) is 0.364. The molecule has 1 aliphatic rings. The summed E-state index contributed by atoms with van der Waals surface area (Å²) in [5.74, 6) is -0.180. The molecule has 0 bridgehead atoms. The van der Waals surface area contributed by atoms with Crippen LogP contribution in [0.3, 0.4) is 0 Å². The number of fused-ring (bicyclic) bond motifs is 1. The maximum atomic E-state index is 14.6. The lowest BCUT2D eigenvalue weighted by Crippen LogP contribution is -2.20. The van der Waals surface area contributed by atoms with Crippen molar-refractivity contribution >= 4 is 5.57 Å². The highest BCUT2D eigenvalue weighted by Crippen LogP contribution is 2.36. The molecule has 0 amide bonds. The predicted octanol–water partition coefficient (Wildman–Crippen LogP) is 6.35. The molecule has 0 saturated heterocycles. The third kappa shape index (κ3) is 4.98. The quantitative estimate of drug-likeness (QED) is 0.403. The second-order valence-corrected chi connectivity index (χ2v) is 6.88. The van der Waals surface area contributed by atoms with E-state index in [0.29, 0.717) is 24.4 Å². The Kier molecular flexibility index (Phi) is 6.74. The molecule has 2 aromatic heterocycles. The first-order valence-electron chi connectivity index (χ1n) is 9.79. The molecule has 0 fully saturated rings. The van der Waals surface area contributed by atoms with E-state index in [-0.39, 0.29) is 23.8 Å². The number of hydrogen-bond acceptors (Lipinski definition) is 3. The molecule has 0 radical (unpaired) electrons. The molecule has 3 heterocycles. The summed E-state index contributed by atoms with van der Waals surface area (Å²) in [4.78, 5) is 4.02. The van der Waals surface area contributed by atoms with Crippen LogP contribution in [0.15, 0.2) is 60.2 Å². The molecule has 8 heteroatoms. The standard InChI is InChI=1S/C22H23F4N3O/c1-3-7-15(22(24,25)26)12-17(18(23)4-2)19-13-20-21(9-6-11-29(20)28-19)30-16-8-5-10-27-14-16/h4-5,7-8,10,12-14,21H,3,6,9,11H2,1-2H3/b15-7-,17-12+,18-4+. The van der Waals surface area contributed by atoms with Crippen molar-refractivity contribution in [2.24, 2.45) is 0 Å². The van der Waals surface area contributed by atoms with E-state index in [1.165, 1.54) is 6.92 Å². The van der Waals surface area contributed by atoms with Gasteiger partial charge in [0.05, 0.1) is 23.2 Å². The Morgan fingerprint density at radius 2 is 2.17 bits per heavy atom. The van der Waals surface area contributed by atoms with Gasteiger partial charge in [-0.15, -0.1) is 0 Å². The lowest BCUT2D eigenvalue weighted by molar-refractivity contribution is -0.0883. The van der Waals surface area contributed by atoms with Gasteiger partial charge in [-0.25, -0.2) is 4.39 Å². The van der Waals surface area contributed by atoms with Crippen LogP contribution in [0.4, 0.5) is 17.6 Å². The summed E-state index contributed by atoms with van der Waals surface area (Å²) in [5, 5.41) is 4.38. The molecule has 4 nitrogen and oxygen atoms in total. The van der Waals surface area contributed by atoms with Crippen LogP contribution >= 0.6 is 0 Å². The van der Waals surface area contributed by atoms with Crippen LogP contribution in [0.1, 0.15) is 50.6 Å². The zero-order valence-electron chi connectivity index (χ0n) is 16.8. The van der Waals surface area contributed by atoms with Crippen molar-refractivity contribution in [3.05, 3.63) is 71.6 Å². The molecule has 1 atom stereocenters. The first-order valence-corrected chi connectivity index (χ1v) is 9.79. The van der Waals surface area contributed by atoms with E-state index in [1.54, 1.807) is 42.2 Å². The van der Waals surface area contributed by atoms with Gasteiger partial charge in [0.1, 0.15) is 17.7 Å². The molecule has 2 aromatic rings. The first-order chi connectivity index (χ1) is 14.3. The summed E-state index contributed by atoms with van der Waals surface area (Å²) < 4.78 is 62.4. The summed E-state index contributed by atoms with van der Waals surface area (Å²) in [6.07, 6.45) is 2.97. The van der Waals surface area contributed by atoms with E-state index in [1.807, 2.05) is 0 Å². The van der Waals surface area contributed by atoms with Gasteiger partial charge in [-0.3, -0.25) is 9.67 Å². The number of allylic oxidation sites excluding steroid dienone is 6. The Morgan fingerprint density at radius 3 is 2.80 bits per heavy atom. The van der Waals surface area contributed by atoms with Crippen molar-refractivity contribution in [1.29, 1.82) is 0 Å². The number of aromatic nitrogens is 3. The molecule has 0 saturated carbocycles. The normalized spacial score (nSPS) is 18.3. The number of pyridine rings is 1. The van der Waals surface area contributed by atoms with Crippen LogP contribution in [-0.4, -0.2) is 20.9 Å². The number of nitrogens with zero attached hydrogens (tertiary/aromatic N) is 3. The van der Waals surface area contributed by atoms with Crippen molar-refractivity contribution in [2.75, 3.05) is 0 Å². The average molecular weight is 421 g/mol. The van der Waals surface area contributed by atoms with E-state index in [0.717, 1.165) is 24.6 Å². The van der Waals surface area contributed by atoms with E-state index >= 15 is 0 Å². The van der Waals surface area contributed by atoms with Crippen molar-refractivity contribution < 1.29 is 22.3 Å². The zero-order chi connectivity index (χ0) is 21.7. The smallest absolute Gasteiger partial charge is 0.416 e. The maximum absolute atomic E-state index is 14.6. The highest BCUT2D eigenvalue weighted by molar-refractivity contribution is 5.77. The Labute approximate surface area is 172 Å². The zero-order valence-corrected chi connectivity index (χ0v) is 16.8. The van der Waals surface area contributed by atoms with Gasteiger partial charge in [-0.1, -0.05) is 19.1 Å². The van der Waals surface area contributed by atoms with Gasteiger partial charge < -0.3 is 4.74 Å². The molecule has 0 spiro atoms. The number of halogens is 4. The van der Waals surface area contributed by atoms with Gasteiger partial charge in [0, 0.05) is 18.3 Å². The molecule has 0 aromatic carbocycles. The topological polar surface area (TPSA) is 39.9 Å². The van der Waals surface area contributed by atoms with Crippen LogP contribution in [0.2, 0.25) is 0 Å². The Morgan fingerprint density at radius 1 is 1.37 bits per heavy atom. The second-order valence-electron chi connectivity index (χ2n) is 6.88. The van der Waals surface area contributed by atoms with Crippen LogP contribution in [0.25, 0.3) is 5.57 Å². The van der Waals surface area contributed by atoms with E-state index in [9.17, 15) is 17.6 Å². The van der Waals surface area contributed by atoms with Gasteiger partial charge >= 0.3 is 6.18 Å². The van der Waals surface area contributed by atoms with Crippen molar-refractivity contribution in [3.63, 3.8) is 0 Å². The second kappa shape index (κ2) is 9.28. The number of rotatable bonds is 6. The number of ether oxygens (including phenoxy) is 1. The fourth-order valence-electron chi connectivity index (χ4n) is 3.33. The van der Waals surface area contributed by atoms with Crippen molar-refractivity contribution in [3.8, 4) is 5.75 Å². The Bertz CT molecular complexity index is 959. The van der Waals surface area contributed by atoms with Gasteiger partial charge in [0.2, 0.25) is 0 Å². The summed E-state index contributed by atoms with van der Waals surface area (Å²) in [6, 6.07) is 5.14. The molecule has 1 aliphatic heterocycles. The maximum Gasteiger partial charge on any atom is 0.416 e. The third-order valence-corrected chi connectivity index (χ3v) is 4.73. The minimum absolute atomic E-state index is 0.147. The Hall–Kier alpha value is -2.90. The van der Waals surface area contributed by atoms with Gasteiger partial charge in [-0.05, 0) is 50.5 Å². The van der Waals surface area contributed by atoms with Crippen molar-refractivity contribution in [2.45, 2.75) is 51.9 Å². The number of hydrogen-bond donors (Lipinski definition) is 0. The van der Waals surface area contributed by atoms with Crippen LogP contribution in [0, 0.1) is 0 Å². The molecule has 160 valence electrons. The lowest BCUT2D eigenvalue weighted by atomic mass is 10.0. The highest BCUT2D eigenvalue weighted by atomic mass is 19.4. The number of aryl methyl sites for hydroxylation is 1.